The molecule has 0 unspecified atom stereocenters. The average molecular weight is 270 g/mol. The number of rotatable bonds is 4. The molecule has 1 aromatic rings. The summed E-state index contributed by atoms with van der Waals surface area (Å²) in [5.74, 6) is 0. The summed E-state index contributed by atoms with van der Waals surface area (Å²) in [5, 5.41) is 0. The summed E-state index contributed by atoms with van der Waals surface area (Å²) in [6.07, 6.45) is 6.52. The number of hydrogen-bond donors (Lipinski definition) is 0. The molecule has 0 amide bonds. The first-order chi connectivity index (χ1) is 9.33. The summed E-state index contributed by atoms with van der Waals surface area (Å²) < 4.78 is 0. The lowest BCUT2D eigenvalue weighted by atomic mass is 9.69. The van der Waals surface area contributed by atoms with Crippen LogP contribution in [0.15, 0.2) is 41.5 Å². The molecule has 0 saturated heterocycles. The third kappa shape index (κ3) is 3.34. The third-order valence-electron chi connectivity index (χ3n) is 5.24. The molecular formula is C20H30. The minimum absolute atomic E-state index is 0.266. The number of allylic oxidation sites excluding steroid dienone is 2. The molecule has 110 valence electrons. The van der Waals surface area contributed by atoms with Crippen molar-refractivity contribution in [2.45, 2.75) is 72.1 Å². The van der Waals surface area contributed by atoms with Crippen LogP contribution in [0.25, 0.3) is 0 Å². The van der Waals surface area contributed by atoms with Gasteiger partial charge in [-0.15, -0.1) is 0 Å². The monoisotopic (exact) mass is 270 g/mol. The van der Waals surface area contributed by atoms with Crippen molar-refractivity contribution >= 4 is 0 Å². The Kier molecular flexibility index (Phi) is 4.42. The van der Waals surface area contributed by atoms with Crippen LogP contribution in [0.2, 0.25) is 0 Å². The maximum Gasteiger partial charge on any atom is -0.0101 e. The highest BCUT2D eigenvalue weighted by molar-refractivity contribution is 5.26. The zero-order chi connectivity index (χ0) is 14.8. The van der Waals surface area contributed by atoms with Crippen LogP contribution in [0.1, 0.15) is 72.3 Å². The van der Waals surface area contributed by atoms with Gasteiger partial charge in [0.15, 0.2) is 0 Å². The van der Waals surface area contributed by atoms with E-state index in [0.717, 1.165) is 0 Å². The van der Waals surface area contributed by atoms with E-state index in [1.165, 1.54) is 37.7 Å². The Morgan fingerprint density at radius 3 is 2.35 bits per heavy atom. The van der Waals surface area contributed by atoms with Crippen LogP contribution in [0, 0.1) is 5.41 Å². The van der Waals surface area contributed by atoms with Crippen molar-refractivity contribution in [1.29, 1.82) is 0 Å². The molecule has 0 saturated carbocycles. The first kappa shape index (κ1) is 15.4. The number of hydrogen-bond acceptors (Lipinski definition) is 0. The Hall–Kier alpha value is -1.04. The Morgan fingerprint density at radius 2 is 1.75 bits per heavy atom. The lowest BCUT2D eigenvalue weighted by Crippen LogP contribution is -2.23. The normalized spacial score (nSPS) is 19.2. The first-order valence-corrected chi connectivity index (χ1v) is 8.07. The molecule has 0 N–H and O–H groups in total. The Bertz CT molecular complexity index is 474. The minimum atomic E-state index is 0.266. The molecular weight excluding hydrogens is 240 g/mol. The summed E-state index contributed by atoms with van der Waals surface area (Å²) in [4.78, 5) is 0. The van der Waals surface area contributed by atoms with Gasteiger partial charge in [-0.25, -0.2) is 0 Å². The largest absolute Gasteiger partial charge is 0.0736 e. The molecule has 0 bridgehead atoms. The molecule has 0 fully saturated rings. The van der Waals surface area contributed by atoms with Crippen LogP contribution in [0.4, 0.5) is 0 Å². The van der Waals surface area contributed by atoms with E-state index >= 15 is 0 Å². The topological polar surface area (TPSA) is 0 Å². The standard InChI is InChI=1S/C20H30/c1-16-10-9-14-20(4,5)18(16)13-15-19(2,3)17-11-7-6-8-12-17/h6-8,11-12H,9-10,13-15H2,1-5H3. The Labute approximate surface area is 125 Å². The molecule has 0 nitrogen and oxygen atoms in total. The van der Waals surface area contributed by atoms with Crippen molar-refractivity contribution in [3.8, 4) is 0 Å². The van der Waals surface area contributed by atoms with Crippen molar-refractivity contribution in [3.63, 3.8) is 0 Å². The van der Waals surface area contributed by atoms with Crippen LogP contribution in [-0.2, 0) is 5.41 Å². The van der Waals surface area contributed by atoms with E-state index < -0.39 is 0 Å². The second kappa shape index (κ2) is 5.76. The van der Waals surface area contributed by atoms with Crippen molar-refractivity contribution in [1.82, 2.24) is 0 Å². The van der Waals surface area contributed by atoms with E-state index in [2.05, 4.69) is 65.0 Å². The van der Waals surface area contributed by atoms with Gasteiger partial charge < -0.3 is 0 Å². The molecule has 0 atom stereocenters. The van der Waals surface area contributed by atoms with E-state index in [1.807, 2.05) is 0 Å². The van der Waals surface area contributed by atoms with Crippen LogP contribution in [0.3, 0.4) is 0 Å². The molecule has 0 aromatic heterocycles. The van der Waals surface area contributed by atoms with Gasteiger partial charge in [-0.3, -0.25) is 0 Å². The highest BCUT2D eigenvalue weighted by atomic mass is 14.3. The lowest BCUT2D eigenvalue weighted by molar-refractivity contribution is 0.339. The predicted molar refractivity (Wildman–Crippen MR) is 89.0 cm³/mol. The number of benzene rings is 1. The predicted octanol–water partition coefficient (Wildman–Crippen LogP) is 6.27. The van der Waals surface area contributed by atoms with E-state index in [1.54, 1.807) is 11.1 Å². The molecule has 1 aliphatic rings. The molecule has 0 spiro atoms. The lowest BCUT2D eigenvalue weighted by Gasteiger charge is -2.36. The van der Waals surface area contributed by atoms with Crippen molar-refractivity contribution < 1.29 is 0 Å². The van der Waals surface area contributed by atoms with Gasteiger partial charge in [0.05, 0.1) is 0 Å². The molecule has 1 aliphatic carbocycles. The first-order valence-electron chi connectivity index (χ1n) is 8.07. The van der Waals surface area contributed by atoms with Crippen LogP contribution in [0.5, 0.6) is 0 Å². The van der Waals surface area contributed by atoms with Gasteiger partial charge in [0, 0.05) is 0 Å². The van der Waals surface area contributed by atoms with Crippen LogP contribution in [-0.4, -0.2) is 0 Å². The summed E-state index contributed by atoms with van der Waals surface area (Å²) in [6, 6.07) is 11.0. The van der Waals surface area contributed by atoms with Crippen LogP contribution >= 0.6 is 0 Å². The van der Waals surface area contributed by atoms with Crippen molar-refractivity contribution in [3.05, 3.63) is 47.0 Å². The van der Waals surface area contributed by atoms with E-state index in [-0.39, 0.29) is 5.41 Å². The molecule has 0 radical (unpaired) electrons. The molecule has 1 aromatic carbocycles. The molecule has 0 aliphatic heterocycles. The second-order valence-corrected chi connectivity index (χ2v) is 7.75. The van der Waals surface area contributed by atoms with Crippen LogP contribution < -0.4 is 0 Å². The zero-order valence-electron chi connectivity index (χ0n) is 13.9. The van der Waals surface area contributed by atoms with E-state index in [4.69, 9.17) is 0 Å². The SMILES string of the molecule is CC1=C(CCC(C)(C)c2ccccc2)C(C)(C)CCC1. The molecule has 2 rings (SSSR count). The fraction of sp³-hybridized carbons (Fsp3) is 0.600. The minimum Gasteiger partial charge on any atom is -0.0736 e. The average Bonchev–Trinajstić information content (AvgIpc) is 2.38. The summed E-state index contributed by atoms with van der Waals surface area (Å²) in [6.45, 7) is 12.0. The summed E-state index contributed by atoms with van der Waals surface area (Å²) >= 11 is 0. The second-order valence-electron chi connectivity index (χ2n) is 7.75. The quantitative estimate of drug-likeness (QED) is 0.565. The van der Waals surface area contributed by atoms with Gasteiger partial charge in [-0.1, -0.05) is 69.2 Å². The highest BCUT2D eigenvalue weighted by Crippen LogP contribution is 2.44. The smallest absolute Gasteiger partial charge is 0.0101 e. The molecule has 0 heteroatoms. The fourth-order valence-corrected chi connectivity index (χ4v) is 3.70. The third-order valence-corrected chi connectivity index (χ3v) is 5.24. The maximum atomic E-state index is 2.43. The van der Waals surface area contributed by atoms with Gasteiger partial charge in [0.1, 0.15) is 0 Å². The van der Waals surface area contributed by atoms with Gasteiger partial charge in [0.25, 0.3) is 0 Å². The summed E-state index contributed by atoms with van der Waals surface area (Å²) in [5.41, 5.74) is 5.53. The molecule has 0 heterocycles. The Morgan fingerprint density at radius 1 is 1.10 bits per heavy atom. The van der Waals surface area contributed by atoms with Gasteiger partial charge in [-0.05, 0) is 55.4 Å². The van der Waals surface area contributed by atoms with Crippen molar-refractivity contribution in [2.24, 2.45) is 5.41 Å². The highest BCUT2D eigenvalue weighted by Gasteiger charge is 2.30. The Balaban J connectivity index is 2.12. The van der Waals surface area contributed by atoms with Gasteiger partial charge >= 0.3 is 0 Å². The van der Waals surface area contributed by atoms with E-state index in [0.29, 0.717) is 5.41 Å². The van der Waals surface area contributed by atoms with Gasteiger partial charge in [-0.2, -0.15) is 0 Å². The van der Waals surface area contributed by atoms with Gasteiger partial charge in [0.2, 0.25) is 0 Å². The summed E-state index contributed by atoms with van der Waals surface area (Å²) in [7, 11) is 0. The van der Waals surface area contributed by atoms with E-state index in [9.17, 15) is 0 Å². The fourth-order valence-electron chi connectivity index (χ4n) is 3.70. The zero-order valence-corrected chi connectivity index (χ0v) is 13.9. The maximum absolute atomic E-state index is 2.43. The van der Waals surface area contributed by atoms with Crippen molar-refractivity contribution in [2.75, 3.05) is 0 Å². The molecule has 20 heavy (non-hydrogen) atoms.